The largest absolute Gasteiger partial charge is 0.285 e. The maximum atomic E-state index is 9.00. The van der Waals surface area contributed by atoms with Gasteiger partial charge in [0.25, 0.3) is 0 Å². The van der Waals surface area contributed by atoms with Gasteiger partial charge in [-0.2, -0.15) is 5.26 Å². The van der Waals surface area contributed by atoms with Gasteiger partial charge in [-0.15, -0.1) is 0 Å². The van der Waals surface area contributed by atoms with Gasteiger partial charge in [-0.3, -0.25) is 4.90 Å². The van der Waals surface area contributed by atoms with Crippen LogP contribution in [0.4, 0.5) is 0 Å². The first-order valence-corrected chi connectivity index (χ1v) is 4.93. The number of likely N-dealkylation sites (tertiary alicyclic amines) is 1. The van der Waals surface area contributed by atoms with Crippen LogP contribution in [0.5, 0.6) is 0 Å². The Kier molecular flexibility index (Phi) is 1.84. The molecule has 66 valence electrons. The summed E-state index contributed by atoms with van der Waals surface area (Å²) in [7, 11) is 0. The molecule has 1 aliphatic carbocycles. The normalized spacial score (nSPS) is 34.2. The Labute approximate surface area is 74.2 Å². The molecule has 2 rings (SSSR count). The monoisotopic (exact) mass is 164 g/mol. The quantitative estimate of drug-likeness (QED) is 0.590. The predicted octanol–water partition coefficient (Wildman–Crippen LogP) is 1.77. The van der Waals surface area contributed by atoms with Crippen LogP contribution in [0.1, 0.15) is 32.6 Å². The van der Waals surface area contributed by atoms with E-state index in [1.165, 1.54) is 12.8 Å². The fraction of sp³-hybridized carbons (Fsp3) is 0.900. The van der Waals surface area contributed by atoms with Crippen molar-refractivity contribution in [2.75, 3.05) is 13.1 Å². The molecule has 2 aliphatic rings. The fourth-order valence-corrected chi connectivity index (χ4v) is 2.20. The van der Waals surface area contributed by atoms with Crippen molar-refractivity contribution < 1.29 is 0 Å². The van der Waals surface area contributed by atoms with Gasteiger partial charge in [0, 0.05) is 6.54 Å². The topological polar surface area (TPSA) is 27.0 Å². The smallest absolute Gasteiger partial charge is 0.109 e. The zero-order valence-electron chi connectivity index (χ0n) is 7.71. The average Bonchev–Trinajstić information content (AvgIpc) is 2.84. The van der Waals surface area contributed by atoms with E-state index in [-0.39, 0.29) is 5.54 Å². The Morgan fingerprint density at radius 2 is 2.25 bits per heavy atom. The molecule has 2 heteroatoms. The van der Waals surface area contributed by atoms with Crippen LogP contribution in [0.25, 0.3) is 0 Å². The molecule has 2 fully saturated rings. The van der Waals surface area contributed by atoms with E-state index in [9.17, 15) is 0 Å². The van der Waals surface area contributed by atoms with Gasteiger partial charge >= 0.3 is 0 Å². The van der Waals surface area contributed by atoms with Crippen LogP contribution in [0.2, 0.25) is 0 Å². The number of rotatable bonds is 1. The van der Waals surface area contributed by atoms with E-state index in [0.717, 1.165) is 31.8 Å². The summed E-state index contributed by atoms with van der Waals surface area (Å²) in [5.41, 5.74) is -0.0192. The molecule has 1 heterocycles. The van der Waals surface area contributed by atoms with E-state index in [0.29, 0.717) is 0 Å². The molecule has 0 amide bonds. The van der Waals surface area contributed by atoms with Gasteiger partial charge in [0.1, 0.15) is 5.54 Å². The molecule has 2 nitrogen and oxygen atoms in total. The van der Waals surface area contributed by atoms with E-state index in [4.69, 9.17) is 5.26 Å². The van der Waals surface area contributed by atoms with Gasteiger partial charge in [-0.05, 0) is 38.1 Å². The van der Waals surface area contributed by atoms with Gasteiger partial charge < -0.3 is 0 Å². The van der Waals surface area contributed by atoms with Crippen LogP contribution >= 0.6 is 0 Å². The number of nitriles is 1. The van der Waals surface area contributed by atoms with Crippen LogP contribution in [-0.4, -0.2) is 23.5 Å². The van der Waals surface area contributed by atoms with E-state index < -0.39 is 0 Å². The molecule has 1 saturated carbocycles. The summed E-state index contributed by atoms with van der Waals surface area (Å²) < 4.78 is 0. The summed E-state index contributed by atoms with van der Waals surface area (Å²) >= 11 is 0. The van der Waals surface area contributed by atoms with Crippen LogP contribution < -0.4 is 0 Å². The zero-order valence-corrected chi connectivity index (χ0v) is 7.71. The first-order valence-electron chi connectivity index (χ1n) is 4.93. The molecule has 0 N–H and O–H groups in total. The lowest BCUT2D eigenvalue weighted by molar-refractivity contribution is 0.144. The lowest BCUT2D eigenvalue weighted by atomic mass is 9.98. The van der Waals surface area contributed by atoms with Crippen molar-refractivity contribution in [2.24, 2.45) is 5.92 Å². The number of hydrogen-bond acceptors (Lipinski definition) is 2. The molecule has 1 atom stereocenters. The maximum absolute atomic E-state index is 9.00. The second kappa shape index (κ2) is 2.74. The predicted molar refractivity (Wildman–Crippen MR) is 47.5 cm³/mol. The Morgan fingerprint density at radius 3 is 2.75 bits per heavy atom. The molecule has 0 aromatic heterocycles. The van der Waals surface area contributed by atoms with Crippen LogP contribution in [-0.2, 0) is 0 Å². The zero-order chi connectivity index (χ0) is 8.60. The van der Waals surface area contributed by atoms with Crippen LogP contribution in [0, 0.1) is 17.2 Å². The van der Waals surface area contributed by atoms with Crippen molar-refractivity contribution in [1.82, 2.24) is 4.90 Å². The number of hydrogen-bond donors (Lipinski definition) is 0. The minimum atomic E-state index is -0.0192. The number of nitrogens with zero attached hydrogens (tertiary/aromatic N) is 2. The molecular weight excluding hydrogens is 148 g/mol. The highest BCUT2D eigenvalue weighted by Gasteiger charge is 2.49. The first-order chi connectivity index (χ1) is 5.77. The Balaban J connectivity index is 2.00. The highest BCUT2D eigenvalue weighted by Crippen LogP contribution is 2.42. The molecule has 0 aromatic rings. The third-order valence-electron chi connectivity index (χ3n) is 3.19. The third kappa shape index (κ3) is 1.23. The van der Waals surface area contributed by atoms with Gasteiger partial charge in [0.15, 0.2) is 0 Å². The Bertz CT molecular complexity index is 212. The molecule has 0 radical (unpaired) electrons. The summed E-state index contributed by atoms with van der Waals surface area (Å²) in [6.45, 7) is 4.59. The summed E-state index contributed by atoms with van der Waals surface area (Å²) in [5.74, 6) is 0.796. The van der Waals surface area contributed by atoms with E-state index in [1.807, 2.05) is 0 Å². The van der Waals surface area contributed by atoms with Gasteiger partial charge in [-0.25, -0.2) is 0 Å². The average molecular weight is 164 g/mol. The minimum Gasteiger partial charge on any atom is -0.285 e. The maximum Gasteiger partial charge on any atom is 0.109 e. The van der Waals surface area contributed by atoms with E-state index >= 15 is 0 Å². The van der Waals surface area contributed by atoms with Crippen LogP contribution in [0.15, 0.2) is 0 Å². The van der Waals surface area contributed by atoms with Crippen molar-refractivity contribution in [3.8, 4) is 6.07 Å². The molecule has 1 saturated heterocycles. The minimum absolute atomic E-state index is 0.0192. The molecular formula is C10H16N2. The molecule has 1 aliphatic heterocycles. The summed E-state index contributed by atoms with van der Waals surface area (Å²) in [6.07, 6.45) is 4.84. The first kappa shape index (κ1) is 8.07. The lowest BCUT2D eigenvalue weighted by Crippen LogP contribution is -2.42. The Hall–Kier alpha value is -0.550. The molecule has 0 unspecified atom stereocenters. The van der Waals surface area contributed by atoms with Gasteiger partial charge in [-0.1, -0.05) is 6.92 Å². The summed E-state index contributed by atoms with van der Waals surface area (Å²) in [6, 6.07) is 2.47. The highest BCUT2D eigenvalue weighted by molar-refractivity contribution is 5.19. The second-order valence-corrected chi connectivity index (χ2v) is 4.34. The second-order valence-electron chi connectivity index (χ2n) is 4.34. The van der Waals surface area contributed by atoms with Crippen molar-refractivity contribution >= 4 is 0 Å². The van der Waals surface area contributed by atoms with Crippen molar-refractivity contribution in [2.45, 2.75) is 38.1 Å². The molecule has 0 spiro atoms. The van der Waals surface area contributed by atoms with Crippen molar-refractivity contribution in [3.05, 3.63) is 0 Å². The molecule has 0 bridgehead atoms. The van der Waals surface area contributed by atoms with E-state index in [2.05, 4.69) is 17.9 Å². The lowest BCUT2D eigenvalue weighted by Gasteiger charge is -2.34. The van der Waals surface area contributed by atoms with Crippen molar-refractivity contribution in [3.63, 3.8) is 0 Å². The van der Waals surface area contributed by atoms with E-state index in [1.54, 1.807) is 0 Å². The standard InChI is InChI=1S/C10H16N2/c1-9-3-2-6-12(7-9)10(8-11)4-5-10/h9H,2-7H2,1H3/t9-/m1/s1. The molecule has 0 aromatic carbocycles. The SMILES string of the molecule is C[C@@H]1CCCN(C2(C#N)CC2)C1. The third-order valence-corrected chi connectivity index (χ3v) is 3.19. The molecule has 12 heavy (non-hydrogen) atoms. The van der Waals surface area contributed by atoms with Gasteiger partial charge in [0.2, 0.25) is 0 Å². The van der Waals surface area contributed by atoms with Crippen LogP contribution in [0.3, 0.4) is 0 Å². The highest BCUT2D eigenvalue weighted by atomic mass is 15.2. The summed E-state index contributed by atoms with van der Waals surface area (Å²) in [5, 5.41) is 9.00. The number of piperidine rings is 1. The van der Waals surface area contributed by atoms with Crippen molar-refractivity contribution in [1.29, 1.82) is 5.26 Å². The fourth-order valence-electron chi connectivity index (χ4n) is 2.20. The van der Waals surface area contributed by atoms with Gasteiger partial charge in [0.05, 0.1) is 6.07 Å². The Morgan fingerprint density at radius 1 is 1.50 bits per heavy atom. The summed E-state index contributed by atoms with van der Waals surface area (Å²) in [4.78, 5) is 2.40.